The lowest BCUT2D eigenvalue weighted by molar-refractivity contribution is 0.165. The van der Waals surface area contributed by atoms with E-state index in [0.29, 0.717) is 18.8 Å². The SMILES string of the molecule is CCC(O)c1ccccc1OCc1ncnn1C(C)C. The fourth-order valence-electron chi connectivity index (χ4n) is 2.06. The van der Waals surface area contributed by atoms with Gasteiger partial charge in [0, 0.05) is 11.6 Å². The van der Waals surface area contributed by atoms with Crippen LogP contribution in [0.25, 0.3) is 0 Å². The highest BCUT2D eigenvalue weighted by Crippen LogP contribution is 2.27. The van der Waals surface area contributed by atoms with Crippen LogP contribution in [0.4, 0.5) is 0 Å². The minimum atomic E-state index is -0.505. The highest BCUT2D eigenvalue weighted by molar-refractivity contribution is 5.35. The van der Waals surface area contributed by atoms with Crippen molar-refractivity contribution in [2.24, 2.45) is 0 Å². The second-order valence-electron chi connectivity index (χ2n) is 4.97. The fraction of sp³-hybridized carbons (Fsp3) is 0.467. The first kappa shape index (κ1) is 14.5. The quantitative estimate of drug-likeness (QED) is 0.880. The summed E-state index contributed by atoms with van der Waals surface area (Å²) < 4.78 is 7.64. The van der Waals surface area contributed by atoms with Crippen LogP contribution in [0.5, 0.6) is 5.75 Å². The number of para-hydroxylation sites is 1. The first-order valence-electron chi connectivity index (χ1n) is 6.91. The Morgan fingerprint density at radius 2 is 2.05 bits per heavy atom. The van der Waals surface area contributed by atoms with Gasteiger partial charge in [0.1, 0.15) is 18.7 Å². The number of hydrogen-bond donors (Lipinski definition) is 1. The molecule has 5 heteroatoms. The number of rotatable bonds is 6. The van der Waals surface area contributed by atoms with Crippen LogP contribution in [-0.4, -0.2) is 19.9 Å². The number of nitrogens with zero attached hydrogens (tertiary/aromatic N) is 3. The Balaban J connectivity index is 2.13. The maximum absolute atomic E-state index is 10.00. The zero-order valence-corrected chi connectivity index (χ0v) is 12.2. The summed E-state index contributed by atoms with van der Waals surface area (Å²) in [4.78, 5) is 4.21. The zero-order valence-electron chi connectivity index (χ0n) is 12.2. The average Bonchev–Trinajstić information content (AvgIpc) is 2.93. The topological polar surface area (TPSA) is 60.2 Å². The van der Waals surface area contributed by atoms with Crippen molar-refractivity contribution in [1.82, 2.24) is 14.8 Å². The van der Waals surface area contributed by atoms with E-state index >= 15 is 0 Å². The molecule has 0 spiro atoms. The molecule has 1 atom stereocenters. The van der Waals surface area contributed by atoms with Crippen LogP contribution in [0.1, 0.15) is 50.7 Å². The normalized spacial score (nSPS) is 12.7. The third-order valence-corrected chi connectivity index (χ3v) is 3.16. The van der Waals surface area contributed by atoms with Crippen molar-refractivity contribution in [1.29, 1.82) is 0 Å². The van der Waals surface area contributed by atoms with Gasteiger partial charge in [0.2, 0.25) is 0 Å². The molecular weight excluding hydrogens is 254 g/mol. The monoisotopic (exact) mass is 275 g/mol. The Kier molecular flexibility index (Phi) is 4.74. The number of benzene rings is 1. The van der Waals surface area contributed by atoms with Gasteiger partial charge in [-0.15, -0.1) is 0 Å². The highest BCUT2D eigenvalue weighted by Gasteiger charge is 2.13. The molecular formula is C15H21N3O2. The molecule has 1 N–H and O–H groups in total. The molecule has 0 saturated carbocycles. The smallest absolute Gasteiger partial charge is 0.165 e. The van der Waals surface area contributed by atoms with Crippen LogP contribution in [0, 0.1) is 0 Å². The van der Waals surface area contributed by atoms with E-state index in [1.54, 1.807) is 0 Å². The molecule has 0 aliphatic carbocycles. The molecule has 0 bridgehead atoms. The minimum absolute atomic E-state index is 0.243. The van der Waals surface area contributed by atoms with E-state index in [1.807, 2.05) is 49.7 Å². The molecule has 0 saturated heterocycles. The maximum atomic E-state index is 10.00. The van der Waals surface area contributed by atoms with Crippen molar-refractivity contribution < 1.29 is 9.84 Å². The van der Waals surface area contributed by atoms with E-state index in [9.17, 15) is 5.11 Å². The second-order valence-corrected chi connectivity index (χ2v) is 4.97. The van der Waals surface area contributed by atoms with E-state index in [0.717, 1.165) is 11.4 Å². The number of aromatic nitrogens is 3. The third kappa shape index (κ3) is 3.17. The Bertz CT molecular complexity index is 552. The summed E-state index contributed by atoms with van der Waals surface area (Å²) in [5, 5.41) is 14.2. The molecule has 1 aromatic carbocycles. The molecule has 1 heterocycles. The Labute approximate surface area is 119 Å². The average molecular weight is 275 g/mol. The van der Waals surface area contributed by atoms with E-state index in [-0.39, 0.29) is 6.04 Å². The van der Waals surface area contributed by atoms with Crippen LogP contribution < -0.4 is 4.74 Å². The van der Waals surface area contributed by atoms with Crippen molar-refractivity contribution in [3.63, 3.8) is 0 Å². The van der Waals surface area contributed by atoms with Gasteiger partial charge < -0.3 is 9.84 Å². The molecule has 0 fully saturated rings. The summed E-state index contributed by atoms with van der Waals surface area (Å²) in [5.41, 5.74) is 0.811. The summed E-state index contributed by atoms with van der Waals surface area (Å²) in [6.45, 7) is 6.38. The lowest BCUT2D eigenvalue weighted by Gasteiger charge is -2.15. The minimum Gasteiger partial charge on any atom is -0.485 e. The lowest BCUT2D eigenvalue weighted by Crippen LogP contribution is -2.11. The molecule has 2 aromatic rings. The van der Waals surface area contributed by atoms with Gasteiger partial charge in [0.05, 0.1) is 6.10 Å². The van der Waals surface area contributed by atoms with Gasteiger partial charge >= 0.3 is 0 Å². The molecule has 108 valence electrons. The Hall–Kier alpha value is -1.88. The highest BCUT2D eigenvalue weighted by atomic mass is 16.5. The van der Waals surface area contributed by atoms with Gasteiger partial charge in [-0.1, -0.05) is 25.1 Å². The first-order chi connectivity index (χ1) is 9.63. The van der Waals surface area contributed by atoms with Crippen molar-refractivity contribution in [2.45, 2.75) is 45.9 Å². The molecule has 2 rings (SSSR count). The molecule has 0 aliphatic heterocycles. The number of aliphatic hydroxyl groups excluding tert-OH is 1. The van der Waals surface area contributed by atoms with Gasteiger partial charge in [0.25, 0.3) is 0 Å². The van der Waals surface area contributed by atoms with Gasteiger partial charge in [-0.25, -0.2) is 9.67 Å². The molecule has 1 aromatic heterocycles. The van der Waals surface area contributed by atoms with Crippen LogP contribution in [0.2, 0.25) is 0 Å². The zero-order chi connectivity index (χ0) is 14.5. The predicted molar refractivity (Wildman–Crippen MR) is 76.4 cm³/mol. The Morgan fingerprint density at radius 3 is 2.75 bits per heavy atom. The van der Waals surface area contributed by atoms with Crippen molar-refractivity contribution >= 4 is 0 Å². The molecule has 0 amide bonds. The first-order valence-corrected chi connectivity index (χ1v) is 6.91. The van der Waals surface area contributed by atoms with Crippen LogP contribution in [0.15, 0.2) is 30.6 Å². The van der Waals surface area contributed by atoms with Crippen LogP contribution in [0.3, 0.4) is 0 Å². The number of ether oxygens (including phenoxy) is 1. The predicted octanol–water partition coefficient (Wildman–Crippen LogP) is 2.88. The number of aliphatic hydroxyl groups is 1. The molecule has 20 heavy (non-hydrogen) atoms. The van der Waals surface area contributed by atoms with Crippen molar-refractivity contribution in [3.05, 3.63) is 42.0 Å². The van der Waals surface area contributed by atoms with Crippen molar-refractivity contribution in [3.8, 4) is 5.75 Å². The lowest BCUT2D eigenvalue weighted by atomic mass is 10.1. The van der Waals surface area contributed by atoms with E-state index in [2.05, 4.69) is 10.1 Å². The molecule has 5 nitrogen and oxygen atoms in total. The van der Waals surface area contributed by atoms with Gasteiger partial charge in [-0.3, -0.25) is 0 Å². The van der Waals surface area contributed by atoms with Crippen molar-refractivity contribution in [2.75, 3.05) is 0 Å². The summed E-state index contributed by atoms with van der Waals surface area (Å²) in [6, 6.07) is 7.79. The maximum Gasteiger partial charge on any atom is 0.165 e. The Morgan fingerprint density at radius 1 is 1.30 bits per heavy atom. The summed E-state index contributed by atoms with van der Waals surface area (Å²) in [5.74, 6) is 1.47. The van der Waals surface area contributed by atoms with Gasteiger partial charge in [-0.2, -0.15) is 5.10 Å². The van der Waals surface area contributed by atoms with E-state index in [1.165, 1.54) is 6.33 Å². The standard InChI is InChI=1S/C15H21N3O2/c1-4-13(19)12-7-5-6-8-14(12)20-9-15-16-10-17-18(15)11(2)3/h5-8,10-11,13,19H,4,9H2,1-3H3. The fourth-order valence-corrected chi connectivity index (χ4v) is 2.06. The summed E-state index contributed by atoms with van der Waals surface area (Å²) in [7, 11) is 0. The van der Waals surface area contributed by atoms with E-state index in [4.69, 9.17) is 4.74 Å². The molecule has 0 radical (unpaired) electrons. The van der Waals surface area contributed by atoms with Crippen LogP contribution in [-0.2, 0) is 6.61 Å². The van der Waals surface area contributed by atoms with E-state index < -0.39 is 6.10 Å². The van der Waals surface area contributed by atoms with Gasteiger partial charge in [-0.05, 0) is 26.3 Å². The summed E-state index contributed by atoms with van der Waals surface area (Å²) >= 11 is 0. The van der Waals surface area contributed by atoms with Gasteiger partial charge in [0.15, 0.2) is 5.82 Å². The third-order valence-electron chi connectivity index (χ3n) is 3.16. The summed E-state index contributed by atoms with van der Waals surface area (Å²) in [6.07, 6.45) is 1.68. The molecule has 1 unspecified atom stereocenters. The van der Waals surface area contributed by atoms with Crippen LogP contribution >= 0.6 is 0 Å². The largest absolute Gasteiger partial charge is 0.485 e. The molecule has 0 aliphatic rings. The second kappa shape index (κ2) is 6.52. The number of hydrogen-bond acceptors (Lipinski definition) is 4.